The van der Waals surface area contributed by atoms with Gasteiger partial charge in [-0.15, -0.1) is 0 Å². The molecule has 1 aromatic carbocycles. The van der Waals surface area contributed by atoms with E-state index >= 15 is 0 Å². The van der Waals surface area contributed by atoms with Crippen molar-refractivity contribution in [3.05, 3.63) is 29.3 Å². The number of nitrogens with two attached hydrogens (primary N) is 1. The molecule has 0 heterocycles. The molecule has 0 aliphatic carbocycles. The first-order chi connectivity index (χ1) is 7.56. The van der Waals surface area contributed by atoms with E-state index in [0.29, 0.717) is 6.54 Å². The Morgan fingerprint density at radius 1 is 1.44 bits per heavy atom. The summed E-state index contributed by atoms with van der Waals surface area (Å²) in [6.07, 6.45) is 1.92. The van der Waals surface area contributed by atoms with Crippen LogP contribution < -0.4 is 11.1 Å². The number of benzene rings is 1. The smallest absolute Gasteiger partial charge is 0.150 e. The molecule has 16 heavy (non-hydrogen) atoms. The predicted octanol–water partition coefficient (Wildman–Crippen LogP) is 2.37. The molecule has 0 saturated carbocycles. The molecule has 0 aliphatic rings. The molecule has 0 aromatic heterocycles. The molecule has 0 aliphatic heterocycles. The zero-order valence-corrected chi connectivity index (χ0v) is 10.4. The van der Waals surface area contributed by atoms with Crippen molar-refractivity contribution >= 4 is 34.7 Å². The zero-order chi connectivity index (χ0) is 12.1. The Kier molecular flexibility index (Phi) is 4.95. The van der Waals surface area contributed by atoms with Crippen LogP contribution in [0.5, 0.6) is 0 Å². The fraction of sp³-hybridized carbons (Fsp3) is 0.300. The first-order valence-corrected chi connectivity index (χ1v) is 6.38. The van der Waals surface area contributed by atoms with E-state index in [1.807, 2.05) is 6.26 Å². The molecule has 6 heteroatoms. The Hall–Kier alpha value is -0.880. The van der Waals surface area contributed by atoms with Crippen LogP contribution in [0.1, 0.15) is 5.56 Å². The van der Waals surface area contributed by atoms with E-state index in [1.54, 1.807) is 11.8 Å². The monoisotopic (exact) mass is 262 g/mol. The van der Waals surface area contributed by atoms with Gasteiger partial charge in [0, 0.05) is 17.9 Å². The van der Waals surface area contributed by atoms with Gasteiger partial charge in [-0.3, -0.25) is 0 Å². The molecule has 0 atom stereocenters. The number of thiocarbonyl (C=S) groups is 1. The molecule has 2 nitrogen and oxygen atoms in total. The van der Waals surface area contributed by atoms with Crippen LogP contribution in [0.2, 0.25) is 0 Å². The zero-order valence-electron chi connectivity index (χ0n) is 8.72. The Bertz CT molecular complexity index is 373. The quantitative estimate of drug-likeness (QED) is 0.631. The topological polar surface area (TPSA) is 38.0 Å². The molecule has 0 amide bonds. The van der Waals surface area contributed by atoms with E-state index in [-0.39, 0.29) is 16.2 Å². The molecule has 0 fully saturated rings. The maximum absolute atomic E-state index is 13.5. The van der Waals surface area contributed by atoms with Crippen LogP contribution in [0.3, 0.4) is 0 Å². The minimum atomic E-state index is -0.677. The fourth-order valence-electron chi connectivity index (χ4n) is 1.16. The van der Waals surface area contributed by atoms with Crippen molar-refractivity contribution in [2.45, 2.75) is 0 Å². The Morgan fingerprint density at radius 3 is 2.44 bits per heavy atom. The number of halogens is 2. The largest absolute Gasteiger partial charge is 0.389 e. The van der Waals surface area contributed by atoms with E-state index in [0.717, 1.165) is 17.9 Å². The lowest BCUT2D eigenvalue weighted by atomic mass is 10.2. The summed E-state index contributed by atoms with van der Waals surface area (Å²) in [4.78, 5) is -0.0199. The van der Waals surface area contributed by atoms with Crippen molar-refractivity contribution < 1.29 is 8.78 Å². The summed E-state index contributed by atoms with van der Waals surface area (Å²) in [6, 6.07) is 2.26. The summed E-state index contributed by atoms with van der Waals surface area (Å²) in [5.41, 5.74) is 5.36. The molecular formula is C10H12F2N2S2. The lowest BCUT2D eigenvalue weighted by Crippen LogP contribution is -2.13. The van der Waals surface area contributed by atoms with E-state index in [1.165, 1.54) is 0 Å². The highest BCUT2D eigenvalue weighted by Crippen LogP contribution is 2.20. The molecule has 3 N–H and O–H groups in total. The fourth-order valence-corrected chi connectivity index (χ4v) is 1.59. The lowest BCUT2D eigenvalue weighted by Gasteiger charge is -2.09. The van der Waals surface area contributed by atoms with Crippen LogP contribution in [-0.4, -0.2) is 23.5 Å². The van der Waals surface area contributed by atoms with Gasteiger partial charge in [0.25, 0.3) is 0 Å². The molecule has 0 saturated heterocycles. The summed E-state index contributed by atoms with van der Waals surface area (Å²) in [7, 11) is 0. The highest BCUT2D eigenvalue weighted by Gasteiger charge is 2.11. The normalized spacial score (nSPS) is 10.2. The second kappa shape index (κ2) is 6.00. The third-order valence-electron chi connectivity index (χ3n) is 1.93. The van der Waals surface area contributed by atoms with Crippen LogP contribution >= 0.6 is 24.0 Å². The van der Waals surface area contributed by atoms with Gasteiger partial charge in [-0.2, -0.15) is 11.8 Å². The predicted molar refractivity (Wildman–Crippen MR) is 69.1 cm³/mol. The van der Waals surface area contributed by atoms with Gasteiger partial charge in [0.1, 0.15) is 22.3 Å². The minimum absolute atomic E-state index is 0.0199. The van der Waals surface area contributed by atoms with E-state index < -0.39 is 11.6 Å². The van der Waals surface area contributed by atoms with Crippen LogP contribution in [0, 0.1) is 11.6 Å². The van der Waals surface area contributed by atoms with Gasteiger partial charge >= 0.3 is 0 Å². The molecule has 0 spiro atoms. The molecular weight excluding hydrogens is 250 g/mol. The van der Waals surface area contributed by atoms with Gasteiger partial charge < -0.3 is 11.1 Å². The number of nitrogens with one attached hydrogen (secondary N) is 1. The molecule has 88 valence electrons. The molecule has 0 unspecified atom stereocenters. The van der Waals surface area contributed by atoms with Gasteiger partial charge in [-0.25, -0.2) is 8.78 Å². The lowest BCUT2D eigenvalue weighted by molar-refractivity contribution is 0.588. The second-order valence-corrected chi connectivity index (χ2v) is 4.52. The van der Waals surface area contributed by atoms with Crippen LogP contribution in [0.15, 0.2) is 12.1 Å². The van der Waals surface area contributed by atoms with Gasteiger partial charge in [0.2, 0.25) is 0 Å². The Labute approximate surface area is 103 Å². The van der Waals surface area contributed by atoms with Crippen molar-refractivity contribution in [1.82, 2.24) is 0 Å². The highest BCUT2D eigenvalue weighted by atomic mass is 32.2. The number of hydrogen-bond donors (Lipinski definition) is 2. The highest BCUT2D eigenvalue weighted by molar-refractivity contribution is 7.98. The maximum Gasteiger partial charge on any atom is 0.150 e. The van der Waals surface area contributed by atoms with Gasteiger partial charge in [-0.05, 0) is 18.4 Å². The maximum atomic E-state index is 13.5. The Balaban J connectivity index is 2.89. The van der Waals surface area contributed by atoms with Gasteiger partial charge in [-0.1, -0.05) is 12.2 Å². The Morgan fingerprint density at radius 2 is 2.00 bits per heavy atom. The number of hydrogen-bond acceptors (Lipinski definition) is 3. The third kappa shape index (κ3) is 3.31. The number of anilines is 1. The SMILES string of the molecule is CSCCNc1c(F)cc(C(N)=S)cc1F. The number of thioether (sulfide) groups is 1. The van der Waals surface area contributed by atoms with Crippen molar-refractivity contribution in [2.75, 3.05) is 23.9 Å². The summed E-state index contributed by atoms with van der Waals surface area (Å²) >= 11 is 6.24. The second-order valence-electron chi connectivity index (χ2n) is 3.10. The average Bonchev–Trinajstić information content (AvgIpc) is 2.21. The average molecular weight is 262 g/mol. The van der Waals surface area contributed by atoms with Crippen molar-refractivity contribution in [2.24, 2.45) is 5.73 Å². The van der Waals surface area contributed by atoms with Gasteiger partial charge in [0.15, 0.2) is 0 Å². The van der Waals surface area contributed by atoms with Crippen LogP contribution in [-0.2, 0) is 0 Å². The first-order valence-electron chi connectivity index (χ1n) is 4.58. The third-order valence-corrected chi connectivity index (χ3v) is 2.78. The molecule has 1 aromatic rings. The van der Waals surface area contributed by atoms with Crippen molar-refractivity contribution in [3.8, 4) is 0 Å². The summed E-state index contributed by atoms with van der Waals surface area (Å²) in [6.45, 7) is 0.501. The molecule has 1 rings (SSSR count). The first kappa shape index (κ1) is 13.2. The van der Waals surface area contributed by atoms with E-state index in [9.17, 15) is 8.78 Å². The van der Waals surface area contributed by atoms with Crippen LogP contribution in [0.25, 0.3) is 0 Å². The van der Waals surface area contributed by atoms with E-state index in [4.69, 9.17) is 5.73 Å². The summed E-state index contributed by atoms with van der Waals surface area (Å²) < 4.78 is 26.9. The van der Waals surface area contributed by atoms with Crippen molar-refractivity contribution in [3.63, 3.8) is 0 Å². The summed E-state index contributed by atoms with van der Waals surface area (Å²) in [5.74, 6) is -0.580. The number of rotatable bonds is 5. The van der Waals surface area contributed by atoms with Crippen LogP contribution in [0.4, 0.5) is 14.5 Å². The van der Waals surface area contributed by atoms with Crippen molar-refractivity contribution in [1.29, 1.82) is 0 Å². The molecule has 0 bridgehead atoms. The summed E-state index contributed by atoms with van der Waals surface area (Å²) in [5, 5.41) is 2.69. The standard InChI is InChI=1S/C10H12F2N2S2/c1-16-3-2-14-9-7(11)4-6(10(13)15)5-8(9)12/h4-5,14H,2-3H2,1H3,(H2,13,15). The van der Waals surface area contributed by atoms with Gasteiger partial charge in [0.05, 0.1) is 0 Å². The van der Waals surface area contributed by atoms with E-state index in [2.05, 4.69) is 17.5 Å². The molecule has 0 radical (unpaired) electrons. The minimum Gasteiger partial charge on any atom is -0.389 e.